The van der Waals surface area contributed by atoms with Crippen LogP contribution >= 0.6 is 0 Å². The molecular formula is C14H25N3. The average molecular weight is 235 g/mol. The minimum absolute atomic E-state index is 0.486. The molecular weight excluding hydrogens is 210 g/mol. The maximum Gasteiger partial charge on any atom is 0.0881 e. The zero-order valence-electron chi connectivity index (χ0n) is 11.5. The molecule has 1 aromatic heterocycles. The van der Waals surface area contributed by atoms with E-state index in [2.05, 4.69) is 37.4 Å². The van der Waals surface area contributed by atoms with Crippen LogP contribution in [0.25, 0.3) is 0 Å². The number of nitrogens with zero attached hydrogens (tertiary/aromatic N) is 2. The molecule has 1 fully saturated rings. The van der Waals surface area contributed by atoms with Crippen LogP contribution in [0.1, 0.15) is 58.1 Å². The van der Waals surface area contributed by atoms with Crippen LogP contribution in [0.3, 0.4) is 0 Å². The fraction of sp³-hybridized carbons (Fsp3) is 0.786. The largest absolute Gasteiger partial charge is 0.379 e. The zero-order valence-corrected chi connectivity index (χ0v) is 11.5. The molecule has 3 nitrogen and oxygen atoms in total. The van der Waals surface area contributed by atoms with Crippen LogP contribution in [-0.4, -0.2) is 15.8 Å². The van der Waals surface area contributed by atoms with Crippen molar-refractivity contribution < 1.29 is 0 Å². The lowest BCUT2D eigenvalue weighted by Crippen LogP contribution is -2.23. The van der Waals surface area contributed by atoms with E-state index in [1.807, 2.05) is 11.7 Å². The van der Waals surface area contributed by atoms with Crippen molar-refractivity contribution in [3.8, 4) is 0 Å². The summed E-state index contributed by atoms with van der Waals surface area (Å²) in [7, 11) is 2.00. The van der Waals surface area contributed by atoms with E-state index in [0.29, 0.717) is 12.0 Å². The van der Waals surface area contributed by atoms with Crippen molar-refractivity contribution in [3.05, 3.63) is 11.9 Å². The molecule has 96 valence electrons. The van der Waals surface area contributed by atoms with Crippen molar-refractivity contribution in [1.29, 1.82) is 0 Å². The second-order valence-electron chi connectivity index (χ2n) is 5.61. The van der Waals surface area contributed by atoms with E-state index in [4.69, 9.17) is 0 Å². The van der Waals surface area contributed by atoms with Crippen LogP contribution in [0.15, 0.2) is 6.20 Å². The first kappa shape index (κ1) is 12.5. The fourth-order valence-electron chi connectivity index (χ4n) is 2.96. The second-order valence-corrected chi connectivity index (χ2v) is 5.61. The molecule has 1 aliphatic rings. The molecule has 2 rings (SSSR count). The van der Waals surface area contributed by atoms with Gasteiger partial charge in [0.25, 0.3) is 0 Å². The summed E-state index contributed by atoms with van der Waals surface area (Å²) >= 11 is 0. The first-order valence-corrected chi connectivity index (χ1v) is 6.91. The van der Waals surface area contributed by atoms with E-state index in [9.17, 15) is 0 Å². The maximum atomic E-state index is 4.56. The number of nitrogens with one attached hydrogen (secondary N) is 1. The Morgan fingerprint density at radius 2 is 2.24 bits per heavy atom. The molecule has 1 saturated carbocycles. The fourth-order valence-corrected chi connectivity index (χ4v) is 2.96. The lowest BCUT2D eigenvalue weighted by Gasteiger charge is -2.21. The maximum absolute atomic E-state index is 4.56. The standard InChI is InChI=1S/C14H25N3/c1-5-11-7-6-8-12(11)15-13-9-17(4)16-14(13)10(2)3/h9-12,15H,5-8H2,1-4H3. The Morgan fingerprint density at radius 1 is 1.47 bits per heavy atom. The van der Waals surface area contributed by atoms with Gasteiger partial charge in [-0.3, -0.25) is 4.68 Å². The molecule has 0 radical (unpaired) electrons. The molecule has 2 unspecified atom stereocenters. The highest BCUT2D eigenvalue weighted by atomic mass is 15.3. The lowest BCUT2D eigenvalue weighted by atomic mass is 10.00. The number of aryl methyl sites for hydroxylation is 1. The molecule has 3 heteroatoms. The number of anilines is 1. The summed E-state index contributed by atoms with van der Waals surface area (Å²) in [5.41, 5.74) is 2.45. The van der Waals surface area contributed by atoms with Crippen LogP contribution in [-0.2, 0) is 7.05 Å². The van der Waals surface area contributed by atoms with Gasteiger partial charge in [0.05, 0.1) is 11.4 Å². The van der Waals surface area contributed by atoms with Gasteiger partial charge < -0.3 is 5.32 Å². The minimum Gasteiger partial charge on any atom is -0.379 e. The van der Waals surface area contributed by atoms with E-state index < -0.39 is 0 Å². The van der Waals surface area contributed by atoms with E-state index in [0.717, 1.165) is 5.92 Å². The number of aromatic nitrogens is 2. The van der Waals surface area contributed by atoms with E-state index >= 15 is 0 Å². The van der Waals surface area contributed by atoms with Gasteiger partial charge in [-0.25, -0.2) is 0 Å². The van der Waals surface area contributed by atoms with Gasteiger partial charge in [0, 0.05) is 19.3 Å². The van der Waals surface area contributed by atoms with Gasteiger partial charge >= 0.3 is 0 Å². The number of rotatable bonds is 4. The third-order valence-electron chi connectivity index (χ3n) is 3.93. The minimum atomic E-state index is 0.486. The molecule has 1 heterocycles. The van der Waals surface area contributed by atoms with Crippen LogP contribution < -0.4 is 5.32 Å². The highest BCUT2D eigenvalue weighted by molar-refractivity contribution is 5.48. The summed E-state index contributed by atoms with van der Waals surface area (Å²) in [6.07, 6.45) is 7.47. The monoisotopic (exact) mass is 235 g/mol. The topological polar surface area (TPSA) is 29.9 Å². The van der Waals surface area contributed by atoms with Gasteiger partial charge in [0.2, 0.25) is 0 Å². The molecule has 0 bridgehead atoms. The molecule has 0 aliphatic heterocycles. The van der Waals surface area contributed by atoms with Crippen LogP contribution in [0, 0.1) is 5.92 Å². The summed E-state index contributed by atoms with van der Waals surface area (Å²) in [5, 5.41) is 8.29. The predicted octanol–water partition coefficient (Wildman–Crippen LogP) is 3.53. The van der Waals surface area contributed by atoms with Crippen molar-refractivity contribution in [1.82, 2.24) is 9.78 Å². The summed E-state index contributed by atoms with van der Waals surface area (Å²) < 4.78 is 1.92. The van der Waals surface area contributed by atoms with Gasteiger partial charge in [-0.2, -0.15) is 5.10 Å². The zero-order chi connectivity index (χ0) is 12.4. The van der Waals surface area contributed by atoms with Gasteiger partial charge in [0.1, 0.15) is 0 Å². The van der Waals surface area contributed by atoms with Crippen LogP contribution in [0.2, 0.25) is 0 Å². The molecule has 0 amide bonds. The Labute approximate surface area is 105 Å². The Morgan fingerprint density at radius 3 is 2.88 bits per heavy atom. The van der Waals surface area contributed by atoms with Gasteiger partial charge in [-0.15, -0.1) is 0 Å². The third-order valence-corrected chi connectivity index (χ3v) is 3.93. The summed E-state index contributed by atoms with van der Waals surface area (Å²) in [6, 6.07) is 0.654. The Balaban J connectivity index is 2.12. The summed E-state index contributed by atoms with van der Waals surface area (Å²) in [5.74, 6) is 1.33. The van der Waals surface area contributed by atoms with Crippen molar-refractivity contribution in [2.45, 2.75) is 58.4 Å². The van der Waals surface area contributed by atoms with Crippen molar-refractivity contribution in [2.24, 2.45) is 13.0 Å². The lowest BCUT2D eigenvalue weighted by molar-refractivity contribution is 0.488. The summed E-state index contributed by atoms with van der Waals surface area (Å²) in [4.78, 5) is 0. The molecule has 1 N–H and O–H groups in total. The highest BCUT2D eigenvalue weighted by Gasteiger charge is 2.26. The third kappa shape index (κ3) is 2.64. The van der Waals surface area contributed by atoms with E-state index in [1.54, 1.807) is 0 Å². The van der Waals surface area contributed by atoms with Crippen molar-refractivity contribution >= 4 is 5.69 Å². The first-order chi connectivity index (χ1) is 8.11. The Bertz CT molecular complexity index is 368. The molecule has 1 aliphatic carbocycles. The van der Waals surface area contributed by atoms with Crippen molar-refractivity contribution in [3.63, 3.8) is 0 Å². The van der Waals surface area contributed by atoms with E-state index in [1.165, 1.54) is 37.1 Å². The second kappa shape index (κ2) is 5.11. The molecule has 17 heavy (non-hydrogen) atoms. The van der Waals surface area contributed by atoms with Crippen LogP contribution in [0.4, 0.5) is 5.69 Å². The normalized spacial score (nSPS) is 24.5. The predicted molar refractivity (Wildman–Crippen MR) is 72.3 cm³/mol. The molecule has 0 spiro atoms. The Kier molecular flexibility index (Phi) is 3.75. The van der Waals surface area contributed by atoms with Gasteiger partial charge in [-0.05, 0) is 24.7 Å². The van der Waals surface area contributed by atoms with Gasteiger partial charge in [-0.1, -0.05) is 33.6 Å². The number of hydrogen-bond donors (Lipinski definition) is 1. The molecule has 0 aromatic carbocycles. The number of hydrogen-bond acceptors (Lipinski definition) is 2. The first-order valence-electron chi connectivity index (χ1n) is 6.91. The van der Waals surface area contributed by atoms with Crippen LogP contribution in [0.5, 0.6) is 0 Å². The SMILES string of the molecule is CCC1CCCC1Nc1cn(C)nc1C(C)C. The molecule has 2 atom stereocenters. The molecule has 0 saturated heterocycles. The molecule has 1 aromatic rings. The quantitative estimate of drug-likeness (QED) is 0.865. The van der Waals surface area contributed by atoms with Crippen molar-refractivity contribution in [2.75, 3.05) is 5.32 Å². The smallest absolute Gasteiger partial charge is 0.0881 e. The Hall–Kier alpha value is -0.990. The average Bonchev–Trinajstić information content (AvgIpc) is 2.85. The summed E-state index contributed by atoms with van der Waals surface area (Å²) in [6.45, 7) is 6.72. The van der Waals surface area contributed by atoms with E-state index in [-0.39, 0.29) is 0 Å². The van der Waals surface area contributed by atoms with Gasteiger partial charge in [0.15, 0.2) is 0 Å². The highest BCUT2D eigenvalue weighted by Crippen LogP contribution is 2.32.